The molecule has 5 heteroatoms. The molecule has 2 N–H and O–H groups in total. The molecule has 0 aromatic heterocycles. The van der Waals surface area contributed by atoms with Gasteiger partial charge in [0.2, 0.25) is 0 Å². The van der Waals surface area contributed by atoms with Crippen molar-refractivity contribution in [3.8, 4) is 11.1 Å². The number of anilines is 1. The minimum atomic E-state index is -0.399. The van der Waals surface area contributed by atoms with Gasteiger partial charge in [-0.05, 0) is 46.0 Å². The van der Waals surface area contributed by atoms with Crippen LogP contribution in [0.2, 0.25) is 0 Å². The average Bonchev–Trinajstić information content (AvgIpc) is 3.04. The topological polar surface area (TPSA) is 55.6 Å². The zero-order valence-corrected chi connectivity index (χ0v) is 16.5. The smallest absolute Gasteiger partial charge is 0.414 e. The van der Waals surface area contributed by atoms with Crippen molar-refractivity contribution >= 4 is 24.4 Å². The van der Waals surface area contributed by atoms with Crippen LogP contribution in [-0.2, 0) is 11.3 Å². The van der Waals surface area contributed by atoms with Crippen LogP contribution in [0.5, 0.6) is 0 Å². The monoisotopic (exact) mass is 390 g/mol. The predicted molar refractivity (Wildman–Crippen MR) is 115 cm³/mol. The van der Waals surface area contributed by atoms with Crippen LogP contribution in [0.25, 0.3) is 11.1 Å². The fourth-order valence-corrected chi connectivity index (χ4v) is 4.06. The molecule has 0 saturated carbocycles. The Morgan fingerprint density at radius 1 is 1.04 bits per heavy atom. The van der Waals surface area contributed by atoms with E-state index in [0.717, 1.165) is 10.5 Å². The van der Waals surface area contributed by atoms with Gasteiger partial charge in [-0.2, -0.15) is 0 Å². The molecule has 1 aliphatic rings. The number of amides is 1. The fraction of sp³-hybridized carbons (Fsp3) is 0.174. The summed E-state index contributed by atoms with van der Waals surface area (Å²) in [6, 6.07) is 22.2. The first-order valence-corrected chi connectivity index (χ1v) is 9.65. The minimum Gasteiger partial charge on any atom is -0.448 e. The van der Waals surface area contributed by atoms with Gasteiger partial charge in [0.05, 0.1) is 0 Å². The molecular formula is C23H22N2O2S. The second-order valence-electron chi connectivity index (χ2n) is 6.92. The molecule has 0 saturated heterocycles. The van der Waals surface area contributed by atoms with Crippen LogP contribution in [0.4, 0.5) is 10.5 Å². The molecule has 0 bridgehead atoms. The van der Waals surface area contributed by atoms with E-state index in [1.807, 2.05) is 42.5 Å². The highest BCUT2D eigenvalue weighted by Crippen LogP contribution is 2.44. The lowest BCUT2D eigenvalue weighted by Crippen LogP contribution is -2.28. The summed E-state index contributed by atoms with van der Waals surface area (Å²) in [7, 11) is 1.70. The number of fused-ring (bicyclic) bond motifs is 3. The van der Waals surface area contributed by atoms with E-state index in [2.05, 4.69) is 36.9 Å². The summed E-state index contributed by atoms with van der Waals surface area (Å²) in [5, 5.41) is 0. The average molecular weight is 391 g/mol. The molecule has 3 aromatic rings. The molecular weight excluding hydrogens is 368 g/mol. The number of carbonyl (C=O) groups excluding carboxylic acids is 1. The Kier molecular flexibility index (Phi) is 5.11. The number of hydrogen-bond donors (Lipinski definition) is 2. The Hall–Kier alpha value is -2.76. The first-order valence-electron chi connectivity index (χ1n) is 9.20. The number of benzene rings is 3. The van der Waals surface area contributed by atoms with Crippen molar-refractivity contribution in [1.82, 2.24) is 0 Å². The highest BCUT2D eigenvalue weighted by atomic mass is 32.1. The van der Waals surface area contributed by atoms with Crippen molar-refractivity contribution in [1.29, 1.82) is 0 Å². The van der Waals surface area contributed by atoms with E-state index in [1.165, 1.54) is 27.2 Å². The number of rotatable bonds is 4. The molecule has 0 atom stereocenters. The highest BCUT2D eigenvalue weighted by molar-refractivity contribution is 7.80. The van der Waals surface area contributed by atoms with Gasteiger partial charge in [-0.1, -0.05) is 48.5 Å². The Labute approximate surface area is 170 Å². The number of thiol groups is 1. The van der Waals surface area contributed by atoms with Gasteiger partial charge in [-0.3, -0.25) is 4.90 Å². The van der Waals surface area contributed by atoms with E-state index < -0.39 is 6.09 Å². The van der Waals surface area contributed by atoms with Crippen LogP contribution in [0, 0.1) is 0 Å². The molecule has 1 aliphatic carbocycles. The van der Waals surface area contributed by atoms with Crippen molar-refractivity contribution in [2.45, 2.75) is 17.4 Å². The molecule has 0 unspecified atom stereocenters. The predicted octanol–water partition coefficient (Wildman–Crippen LogP) is 4.82. The summed E-state index contributed by atoms with van der Waals surface area (Å²) in [5.74, 6) is 0.0422. The van der Waals surface area contributed by atoms with Crippen LogP contribution in [0.1, 0.15) is 22.6 Å². The molecule has 3 aromatic carbocycles. The van der Waals surface area contributed by atoms with Crippen molar-refractivity contribution in [3.05, 3.63) is 83.4 Å². The molecule has 142 valence electrons. The van der Waals surface area contributed by atoms with Crippen LogP contribution in [0.15, 0.2) is 71.6 Å². The molecule has 0 heterocycles. The van der Waals surface area contributed by atoms with Gasteiger partial charge in [-0.25, -0.2) is 4.79 Å². The molecule has 4 rings (SSSR count). The Morgan fingerprint density at radius 2 is 1.64 bits per heavy atom. The zero-order chi connectivity index (χ0) is 19.7. The zero-order valence-electron chi connectivity index (χ0n) is 15.6. The molecule has 1 amide bonds. The number of carbonyl (C=O) groups is 1. The lowest BCUT2D eigenvalue weighted by atomic mass is 9.98. The quantitative estimate of drug-likeness (QED) is 0.628. The van der Waals surface area contributed by atoms with Gasteiger partial charge < -0.3 is 10.5 Å². The van der Waals surface area contributed by atoms with E-state index in [1.54, 1.807) is 7.05 Å². The molecule has 0 aliphatic heterocycles. The SMILES string of the molecule is CN(C(=O)OCC1c2ccccc2-c2ccccc21)c1cc(S)cc(CN)c1. The first-order chi connectivity index (χ1) is 13.6. The van der Waals surface area contributed by atoms with E-state index in [0.29, 0.717) is 18.8 Å². The second-order valence-corrected chi connectivity index (χ2v) is 7.44. The van der Waals surface area contributed by atoms with E-state index in [9.17, 15) is 4.79 Å². The highest BCUT2D eigenvalue weighted by Gasteiger charge is 2.29. The Morgan fingerprint density at radius 3 is 2.25 bits per heavy atom. The maximum absolute atomic E-state index is 12.7. The largest absolute Gasteiger partial charge is 0.448 e. The van der Waals surface area contributed by atoms with Crippen molar-refractivity contribution in [2.24, 2.45) is 5.73 Å². The normalized spacial score (nSPS) is 12.4. The Bertz CT molecular complexity index is 989. The third-order valence-corrected chi connectivity index (χ3v) is 5.45. The molecule has 0 spiro atoms. The van der Waals surface area contributed by atoms with Crippen LogP contribution in [-0.4, -0.2) is 19.7 Å². The molecule has 28 heavy (non-hydrogen) atoms. The Balaban J connectivity index is 1.53. The van der Waals surface area contributed by atoms with Crippen molar-refractivity contribution in [3.63, 3.8) is 0 Å². The summed E-state index contributed by atoms with van der Waals surface area (Å²) in [6.45, 7) is 0.682. The van der Waals surface area contributed by atoms with Crippen LogP contribution in [0.3, 0.4) is 0 Å². The van der Waals surface area contributed by atoms with E-state index in [4.69, 9.17) is 10.5 Å². The number of nitrogens with zero attached hydrogens (tertiary/aromatic N) is 1. The number of nitrogens with two attached hydrogens (primary N) is 1. The summed E-state index contributed by atoms with van der Waals surface area (Å²) >= 11 is 4.39. The van der Waals surface area contributed by atoms with Gasteiger partial charge >= 0.3 is 6.09 Å². The van der Waals surface area contributed by atoms with Gasteiger partial charge in [-0.15, -0.1) is 12.6 Å². The van der Waals surface area contributed by atoms with Crippen molar-refractivity contribution in [2.75, 3.05) is 18.6 Å². The first kappa shape index (κ1) is 18.6. The summed E-state index contributed by atoms with van der Waals surface area (Å²) in [5.41, 5.74) is 12.2. The van der Waals surface area contributed by atoms with E-state index >= 15 is 0 Å². The van der Waals surface area contributed by atoms with Crippen LogP contribution < -0.4 is 10.6 Å². The third-order valence-electron chi connectivity index (χ3n) is 5.20. The summed E-state index contributed by atoms with van der Waals surface area (Å²) in [6.07, 6.45) is -0.399. The fourth-order valence-electron chi connectivity index (χ4n) is 3.76. The van der Waals surface area contributed by atoms with Gasteiger partial charge in [0.15, 0.2) is 0 Å². The lowest BCUT2D eigenvalue weighted by Gasteiger charge is -2.20. The van der Waals surface area contributed by atoms with E-state index in [-0.39, 0.29) is 5.92 Å². The maximum Gasteiger partial charge on any atom is 0.414 e. The van der Waals surface area contributed by atoms with Gasteiger partial charge in [0.25, 0.3) is 0 Å². The number of hydrogen-bond acceptors (Lipinski definition) is 4. The minimum absolute atomic E-state index is 0.0422. The van der Waals surface area contributed by atoms with Crippen LogP contribution >= 0.6 is 12.6 Å². The van der Waals surface area contributed by atoms with Gasteiger partial charge in [0, 0.05) is 30.1 Å². The standard InChI is InChI=1S/C23H22N2O2S/c1-25(16-10-15(13-24)11-17(28)12-16)23(26)27-14-22-20-8-4-2-6-18(20)19-7-3-5-9-21(19)22/h2-12,22,28H,13-14,24H2,1H3. The maximum atomic E-state index is 12.7. The summed E-state index contributed by atoms with van der Waals surface area (Å²) < 4.78 is 5.70. The second kappa shape index (κ2) is 7.70. The van der Waals surface area contributed by atoms with Crippen molar-refractivity contribution < 1.29 is 9.53 Å². The number of ether oxygens (including phenoxy) is 1. The molecule has 0 fully saturated rings. The molecule has 0 radical (unpaired) electrons. The third kappa shape index (κ3) is 3.39. The molecule has 4 nitrogen and oxygen atoms in total. The summed E-state index contributed by atoms with van der Waals surface area (Å²) in [4.78, 5) is 14.9. The van der Waals surface area contributed by atoms with Gasteiger partial charge in [0.1, 0.15) is 6.61 Å². The lowest BCUT2D eigenvalue weighted by molar-refractivity contribution is 0.152.